The lowest BCUT2D eigenvalue weighted by Crippen LogP contribution is -2.17. The first-order valence-electron chi connectivity index (χ1n) is 6.34. The van der Waals surface area contributed by atoms with Crippen molar-refractivity contribution >= 4 is 0 Å². The highest BCUT2D eigenvalue weighted by molar-refractivity contribution is 5.49. The van der Waals surface area contributed by atoms with E-state index >= 15 is 0 Å². The first-order valence-corrected chi connectivity index (χ1v) is 6.34. The fraction of sp³-hybridized carbons (Fsp3) is 0.375. The lowest BCUT2D eigenvalue weighted by atomic mass is 9.74. The molecule has 2 N–H and O–H groups in total. The number of phenolic OH excluding ortho intramolecular Hbond substituents is 2. The van der Waals surface area contributed by atoms with E-state index in [9.17, 15) is 10.2 Å². The summed E-state index contributed by atoms with van der Waals surface area (Å²) in [5, 5.41) is 20.0. The third-order valence-electron chi connectivity index (χ3n) is 3.77. The predicted molar refractivity (Wildman–Crippen MR) is 73.8 cm³/mol. The number of aromatic hydroxyl groups is 2. The summed E-state index contributed by atoms with van der Waals surface area (Å²) in [5.74, 6) is 0.639. The molecule has 2 heteroatoms. The molecule has 0 aliphatic heterocycles. The molecular formula is C16H20O2. The molecule has 2 nitrogen and oxygen atoms in total. The molecule has 1 aromatic rings. The number of allylic oxidation sites excluding steroid dienone is 3. The van der Waals surface area contributed by atoms with Crippen LogP contribution in [0.3, 0.4) is 0 Å². The summed E-state index contributed by atoms with van der Waals surface area (Å²) in [6, 6.07) is 4.91. The molecule has 1 aliphatic carbocycles. The Labute approximate surface area is 108 Å². The monoisotopic (exact) mass is 244 g/mol. The minimum absolute atomic E-state index is 0.0254. The second-order valence-electron chi connectivity index (χ2n) is 5.24. The lowest BCUT2D eigenvalue weighted by Gasteiger charge is -2.31. The van der Waals surface area contributed by atoms with E-state index < -0.39 is 0 Å². The summed E-state index contributed by atoms with van der Waals surface area (Å²) in [4.78, 5) is 0. The van der Waals surface area contributed by atoms with E-state index in [1.54, 1.807) is 18.2 Å². The molecule has 1 aromatic carbocycles. The van der Waals surface area contributed by atoms with Gasteiger partial charge >= 0.3 is 0 Å². The molecule has 0 aromatic heterocycles. The SMILES string of the molecule is C=C(C)[C@H]1CCC(C)=C[C@@H]1c1c(O)cccc1O. The second-order valence-corrected chi connectivity index (χ2v) is 5.24. The van der Waals surface area contributed by atoms with Crippen LogP contribution in [0.4, 0.5) is 0 Å². The van der Waals surface area contributed by atoms with Crippen molar-refractivity contribution in [1.82, 2.24) is 0 Å². The van der Waals surface area contributed by atoms with Crippen LogP contribution in [0.5, 0.6) is 11.5 Å². The quantitative estimate of drug-likeness (QED) is 0.768. The Morgan fingerprint density at radius 1 is 1.28 bits per heavy atom. The van der Waals surface area contributed by atoms with Crippen molar-refractivity contribution in [3.8, 4) is 11.5 Å². The van der Waals surface area contributed by atoms with Crippen LogP contribution in [0.25, 0.3) is 0 Å². The molecule has 18 heavy (non-hydrogen) atoms. The van der Waals surface area contributed by atoms with Gasteiger partial charge in [-0.2, -0.15) is 0 Å². The van der Waals surface area contributed by atoms with Crippen molar-refractivity contribution in [3.05, 3.63) is 47.6 Å². The third kappa shape index (κ3) is 2.28. The van der Waals surface area contributed by atoms with Crippen molar-refractivity contribution < 1.29 is 10.2 Å². The number of hydrogen-bond acceptors (Lipinski definition) is 2. The Hall–Kier alpha value is -1.70. The Balaban J connectivity index is 2.51. The van der Waals surface area contributed by atoms with Crippen LogP contribution in [0.1, 0.15) is 38.2 Å². The highest BCUT2D eigenvalue weighted by Crippen LogP contribution is 2.45. The molecule has 0 spiro atoms. The molecular weight excluding hydrogens is 224 g/mol. The summed E-state index contributed by atoms with van der Waals surface area (Å²) in [7, 11) is 0. The van der Waals surface area contributed by atoms with Crippen LogP contribution in [-0.4, -0.2) is 10.2 Å². The number of rotatable bonds is 2. The summed E-state index contributed by atoms with van der Waals surface area (Å²) < 4.78 is 0. The number of phenols is 2. The number of hydrogen-bond donors (Lipinski definition) is 2. The van der Waals surface area contributed by atoms with Gasteiger partial charge in [-0.25, -0.2) is 0 Å². The molecule has 0 fully saturated rings. The van der Waals surface area contributed by atoms with Crippen LogP contribution in [0.15, 0.2) is 42.0 Å². The van der Waals surface area contributed by atoms with Gasteiger partial charge in [0.2, 0.25) is 0 Å². The van der Waals surface area contributed by atoms with Gasteiger partial charge in [0.25, 0.3) is 0 Å². The normalized spacial score (nSPS) is 23.6. The summed E-state index contributed by atoms with van der Waals surface area (Å²) >= 11 is 0. The molecule has 0 amide bonds. The third-order valence-corrected chi connectivity index (χ3v) is 3.77. The lowest BCUT2D eigenvalue weighted by molar-refractivity contribution is 0.407. The topological polar surface area (TPSA) is 40.5 Å². The van der Waals surface area contributed by atoms with Crippen LogP contribution in [0.2, 0.25) is 0 Å². The van der Waals surface area contributed by atoms with Crippen molar-refractivity contribution in [1.29, 1.82) is 0 Å². The molecule has 0 saturated carbocycles. The van der Waals surface area contributed by atoms with Gasteiger partial charge in [-0.15, -0.1) is 0 Å². The molecule has 0 heterocycles. The first kappa shape index (κ1) is 12.7. The highest BCUT2D eigenvalue weighted by atomic mass is 16.3. The van der Waals surface area contributed by atoms with Crippen LogP contribution in [-0.2, 0) is 0 Å². The van der Waals surface area contributed by atoms with Gasteiger partial charge in [0, 0.05) is 11.5 Å². The molecule has 96 valence electrons. The summed E-state index contributed by atoms with van der Waals surface area (Å²) in [6.07, 6.45) is 4.23. The zero-order chi connectivity index (χ0) is 13.3. The van der Waals surface area contributed by atoms with Crippen LogP contribution < -0.4 is 0 Å². The first-order chi connectivity index (χ1) is 8.50. The average molecular weight is 244 g/mol. The summed E-state index contributed by atoms with van der Waals surface area (Å²) in [6.45, 7) is 8.16. The van der Waals surface area contributed by atoms with Gasteiger partial charge < -0.3 is 10.2 Å². The minimum Gasteiger partial charge on any atom is -0.508 e. The molecule has 0 radical (unpaired) electrons. The van der Waals surface area contributed by atoms with E-state index in [1.165, 1.54) is 5.57 Å². The van der Waals surface area contributed by atoms with E-state index in [2.05, 4.69) is 19.6 Å². The molecule has 0 bridgehead atoms. The fourth-order valence-electron chi connectivity index (χ4n) is 2.79. The smallest absolute Gasteiger partial charge is 0.123 e. The fourth-order valence-corrected chi connectivity index (χ4v) is 2.79. The van der Waals surface area contributed by atoms with Crippen molar-refractivity contribution in [2.24, 2.45) is 5.92 Å². The Morgan fingerprint density at radius 2 is 1.89 bits per heavy atom. The molecule has 2 rings (SSSR count). The predicted octanol–water partition coefficient (Wildman–Crippen LogP) is 4.11. The maximum absolute atomic E-state index is 10.0. The molecule has 2 atom stereocenters. The zero-order valence-electron chi connectivity index (χ0n) is 11.0. The maximum Gasteiger partial charge on any atom is 0.123 e. The Morgan fingerprint density at radius 3 is 2.44 bits per heavy atom. The molecule has 1 aliphatic rings. The second kappa shape index (κ2) is 4.89. The zero-order valence-corrected chi connectivity index (χ0v) is 11.0. The van der Waals surface area contributed by atoms with E-state index in [-0.39, 0.29) is 23.3 Å². The highest BCUT2D eigenvalue weighted by Gasteiger charge is 2.29. The van der Waals surface area contributed by atoms with Crippen molar-refractivity contribution in [3.63, 3.8) is 0 Å². The van der Waals surface area contributed by atoms with Gasteiger partial charge in [-0.05, 0) is 44.7 Å². The van der Waals surface area contributed by atoms with Gasteiger partial charge in [-0.1, -0.05) is 29.9 Å². The van der Waals surface area contributed by atoms with Crippen LogP contribution in [0, 0.1) is 5.92 Å². The summed E-state index contributed by atoms with van der Waals surface area (Å²) in [5.41, 5.74) is 3.04. The Bertz CT molecular complexity index is 480. The van der Waals surface area contributed by atoms with Crippen LogP contribution >= 0.6 is 0 Å². The van der Waals surface area contributed by atoms with Gasteiger partial charge in [0.1, 0.15) is 11.5 Å². The average Bonchev–Trinajstić information content (AvgIpc) is 2.28. The van der Waals surface area contributed by atoms with Crippen molar-refractivity contribution in [2.75, 3.05) is 0 Å². The minimum atomic E-state index is 0.0254. The Kier molecular flexibility index (Phi) is 3.46. The van der Waals surface area contributed by atoms with Gasteiger partial charge in [0.15, 0.2) is 0 Å². The van der Waals surface area contributed by atoms with Crippen molar-refractivity contribution in [2.45, 2.75) is 32.6 Å². The van der Waals surface area contributed by atoms with E-state index in [1.807, 2.05) is 6.92 Å². The molecule has 0 unspecified atom stereocenters. The largest absolute Gasteiger partial charge is 0.508 e. The van der Waals surface area contributed by atoms with Gasteiger partial charge in [-0.3, -0.25) is 0 Å². The van der Waals surface area contributed by atoms with E-state index in [0.717, 1.165) is 18.4 Å². The number of benzene rings is 1. The maximum atomic E-state index is 10.0. The van der Waals surface area contributed by atoms with Gasteiger partial charge in [0.05, 0.1) is 0 Å². The van der Waals surface area contributed by atoms with E-state index in [4.69, 9.17) is 0 Å². The molecule has 0 saturated heterocycles. The standard InChI is InChI=1S/C16H20O2/c1-10(2)12-8-7-11(3)9-13(12)16-14(17)5-4-6-15(16)18/h4-6,9,12-13,17-18H,1,7-8H2,2-3H3/t12-,13+/m1/s1. The van der Waals surface area contributed by atoms with E-state index in [0.29, 0.717) is 5.56 Å².